The Bertz CT molecular complexity index is 547. The second-order valence-electron chi connectivity index (χ2n) is 7.16. The highest BCUT2D eigenvalue weighted by molar-refractivity contribution is 5.92. The molecule has 1 aromatic rings. The van der Waals surface area contributed by atoms with Gasteiger partial charge in [0.25, 0.3) is 5.91 Å². The molecule has 2 aliphatic rings. The number of nitrogens with zero attached hydrogens (tertiary/aromatic N) is 3. The van der Waals surface area contributed by atoms with Crippen molar-refractivity contribution in [3.05, 3.63) is 18.0 Å². The fourth-order valence-electron chi connectivity index (χ4n) is 3.85. The van der Waals surface area contributed by atoms with Crippen molar-refractivity contribution >= 4 is 18.3 Å². The van der Waals surface area contributed by atoms with Gasteiger partial charge in [-0.2, -0.15) is 5.10 Å². The van der Waals surface area contributed by atoms with Gasteiger partial charge in [-0.15, -0.1) is 12.4 Å². The maximum Gasteiger partial charge on any atom is 0.271 e. The van der Waals surface area contributed by atoms with Crippen LogP contribution in [0, 0.1) is 0 Å². The third-order valence-electron chi connectivity index (χ3n) is 5.35. The zero-order valence-electron chi connectivity index (χ0n) is 15.4. The Morgan fingerprint density at radius 1 is 1.35 bits per heavy atom. The highest BCUT2D eigenvalue weighted by Gasteiger charge is 2.22. The van der Waals surface area contributed by atoms with Crippen LogP contribution < -0.4 is 10.6 Å². The number of unbranched alkanes of at least 4 members (excludes halogenated alkanes) is 1. The van der Waals surface area contributed by atoms with Crippen molar-refractivity contribution in [3.8, 4) is 0 Å². The van der Waals surface area contributed by atoms with Gasteiger partial charge >= 0.3 is 0 Å². The zero-order valence-corrected chi connectivity index (χ0v) is 16.2. The standard InChI is InChI=1S/C18H31N5O2.ClH/c24-14-16-6-4-11-22(16)10-2-1-9-20-18(25)17-7-12-23(21-17)15-5-3-8-19-13-15;/h7,12,15-16,19,24H,1-6,8-11,13-14H2,(H,20,25);1H. The van der Waals surface area contributed by atoms with Crippen molar-refractivity contribution in [2.24, 2.45) is 0 Å². The molecule has 0 radical (unpaired) electrons. The summed E-state index contributed by atoms with van der Waals surface area (Å²) in [6.07, 6.45) is 8.45. The van der Waals surface area contributed by atoms with Gasteiger partial charge < -0.3 is 15.7 Å². The minimum absolute atomic E-state index is 0. The summed E-state index contributed by atoms with van der Waals surface area (Å²) in [5.74, 6) is -0.0862. The largest absolute Gasteiger partial charge is 0.395 e. The number of hydrogen-bond donors (Lipinski definition) is 3. The molecular weight excluding hydrogens is 354 g/mol. The lowest BCUT2D eigenvalue weighted by molar-refractivity contribution is 0.0946. The Morgan fingerprint density at radius 2 is 2.23 bits per heavy atom. The number of amides is 1. The first-order chi connectivity index (χ1) is 12.3. The number of aliphatic hydroxyl groups is 1. The average Bonchev–Trinajstić information content (AvgIpc) is 3.31. The SMILES string of the molecule is Cl.O=C(NCCCCN1CCCC1CO)c1ccn(C2CCCNC2)n1. The molecule has 2 saturated heterocycles. The molecule has 3 N–H and O–H groups in total. The number of rotatable bonds is 8. The fourth-order valence-corrected chi connectivity index (χ4v) is 3.85. The van der Waals surface area contributed by atoms with Crippen LogP contribution in [0.15, 0.2) is 12.3 Å². The van der Waals surface area contributed by atoms with E-state index in [2.05, 4.69) is 20.6 Å². The summed E-state index contributed by atoms with van der Waals surface area (Å²) in [6.45, 7) is 5.02. The van der Waals surface area contributed by atoms with Crippen molar-refractivity contribution in [1.29, 1.82) is 0 Å². The van der Waals surface area contributed by atoms with Crippen molar-refractivity contribution < 1.29 is 9.90 Å². The lowest BCUT2D eigenvalue weighted by Gasteiger charge is -2.22. The van der Waals surface area contributed by atoms with E-state index in [-0.39, 0.29) is 24.9 Å². The highest BCUT2D eigenvalue weighted by Crippen LogP contribution is 2.17. The molecule has 8 heteroatoms. The van der Waals surface area contributed by atoms with E-state index in [1.54, 1.807) is 6.07 Å². The lowest BCUT2D eigenvalue weighted by Crippen LogP contribution is -2.33. The van der Waals surface area contributed by atoms with Crippen LogP contribution in [0.1, 0.15) is 55.1 Å². The normalized spacial score (nSPS) is 23.6. The molecule has 3 rings (SSSR count). The quantitative estimate of drug-likeness (QED) is 0.586. The Kier molecular flexibility index (Phi) is 8.84. The number of halogens is 1. The number of piperidine rings is 1. The summed E-state index contributed by atoms with van der Waals surface area (Å²) >= 11 is 0. The van der Waals surface area contributed by atoms with Crippen molar-refractivity contribution in [3.63, 3.8) is 0 Å². The van der Waals surface area contributed by atoms with Gasteiger partial charge in [0.1, 0.15) is 5.69 Å². The molecule has 2 fully saturated rings. The van der Waals surface area contributed by atoms with E-state index in [1.165, 1.54) is 6.42 Å². The van der Waals surface area contributed by atoms with Crippen molar-refractivity contribution in [2.45, 2.75) is 50.6 Å². The Labute approximate surface area is 161 Å². The molecular formula is C18H32ClN5O2. The Morgan fingerprint density at radius 3 is 3.00 bits per heavy atom. The predicted molar refractivity (Wildman–Crippen MR) is 104 cm³/mol. The summed E-state index contributed by atoms with van der Waals surface area (Å²) in [5.41, 5.74) is 0.505. The van der Waals surface area contributed by atoms with Crippen LogP contribution in [0.2, 0.25) is 0 Å². The fraction of sp³-hybridized carbons (Fsp3) is 0.778. The third kappa shape index (κ3) is 5.67. The lowest BCUT2D eigenvalue weighted by atomic mass is 10.1. The summed E-state index contributed by atoms with van der Waals surface area (Å²) in [7, 11) is 0. The topological polar surface area (TPSA) is 82.4 Å². The van der Waals surface area contributed by atoms with Crippen LogP contribution in [-0.2, 0) is 0 Å². The molecule has 2 aliphatic heterocycles. The van der Waals surface area contributed by atoms with Crippen molar-refractivity contribution in [1.82, 2.24) is 25.3 Å². The van der Waals surface area contributed by atoms with E-state index in [4.69, 9.17) is 0 Å². The molecule has 0 spiro atoms. The molecule has 2 atom stereocenters. The maximum absolute atomic E-state index is 12.2. The molecule has 3 heterocycles. The minimum Gasteiger partial charge on any atom is -0.395 e. The molecule has 1 amide bonds. The van der Waals surface area contributed by atoms with Crippen LogP contribution in [0.4, 0.5) is 0 Å². The van der Waals surface area contributed by atoms with E-state index in [0.717, 1.165) is 58.3 Å². The first-order valence-corrected chi connectivity index (χ1v) is 9.67. The van der Waals surface area contributed by atoms with E-state index in [9.17, 15) is 9.90 Å². The number of nitrogens with one attached hydrogen (secondary N) is 2. The Hall–Kier alpha value is -1.15. The van der Waals surface area contributed by atoms with Crippen LogP contribution in [0.25, 0.3) is 0 Å². The van der Waals surface area contributed by atoms with Crippen LogP contribution in [0.5, 0.6) is 0 Å². The van der Waals surface area contributed by atoms with Crippen LogP contribution in [-0.4, -0.2) is 71.1 Å². The molecule has 148 valence electrons. The summed E-state index contributed by atoms with van der Waals surface area (Å²) in [6, 6.07) is 2.50. The minimum atomic E-state index is -0.0862. The zero-order chi connectivity index (χ0) is 17.5. The average molecular weight is 386 g/mol. The number of aromatic nitrogens is 2. The smallest absolute Gasteiger partial charge is 0.271 e. The second kappa shape index (κ2) is 10.9. The van der Waals surface area contributed by atoms with Gasteiger partial charge in [0.05, 0.1) is 12.6 Å². The molecule has 7 nitrogen and oxygen atoms in total. The van der Waals surface area contributed by atoms with Gasteiger partial charge in [-0.3, -0.25) is 14.4 Å². The number of carbonyl (C=O) groups excluding carboxylic acids is 1. The molecule has 0 aliphatic carbocycles. The number of aliphatic hydroxyl groups excluding tert-OH is 1. The maximum atomic E-state index is 12.2. The van der Waals surface area contributed by atoms with Gasteiger partial charge in [0.15, 0.2) is 0 Å². The summed E-state index contributed by atoms with van der Waals surface area (Å²) in [4.78, 5) is 14.6. The van der Waals surface area contributed by atoms with Gasteiger partial charge in [-0.1, -0.05) is 0 Å². The van der Waals surface area contributed by atoms with Crippen molar-refractivity contribution in [2.75, 3.05) is 39.3 Å². The first-order valence-electron chi connectivity index (χ1n) is 9.67. The van der Waals surface area contributed by atoms with Gasteiger partial charge in [-0.05, 0) is 64.2 Å². The van der Waals surface area contributed by atoms with E-state index in [0.29, 0.717) is 24.3 Å². The van der Waals surface area contributed by atoms with Gasteiger partial charge in [-0.25, -0.2) is 0 Å². The molecule has 0 bridgehead atoms. The monoisotopic (exact) mass is 385 g/mol. The molecule has 26 heavy (non-hydrogen) atoms. The van der Waals surface area contributed by atoms with Gasteiger partial charge in [0, 0.05) is 25.3 Å². The van der Waals surface area contributed by atoms with E-state index >= 15 is 0 Å². The summed E-state index contributed by atoms with van der Waals surface area (Å²) < 4.78 is 1.92. The first kappa shape index (κ1) is 21.2. The third-order valence-corrected chi connectivity index (χ3v) is 5.35. The highest BCUT2D eigenvalue weighted by atomic mass is 35.5. The molecule has 0 aromatic carbocycles. The molecule has 2 unspecified atom stereocenters. The Balaban J connectivity index is 0.00000243. The van der Waals surface area contributed by atoms with E-state index in [1.807, 2.05) is 10.9 Å². The second-order valence-corrected chi connectivity index (χ2v) is 7.16. The summed E-state index contributed by atoms with van der Waals surface area (Å²) in [5, 5.41) is 20.1. The van der Waals surface area contributed by atoms with Crippen LogP contribution in [0.3, 0.4) is 0 Å². The number of hydrogen-bond acceptors (Lipinski definition) is 5. The predicted octanol–water partition coefficient (Wildman–Crippen LogP) is 1.20. The number of carbonyl (C=O) groups is 1. The molecule has 0 saturated carbocycles. The molecule has 1 aromatic heterocycles. The van der Waals surface area contributed by atoms with E-state index < -0.39 is 0 Å². The van der Waals surface area contributed by atoms with Crippen LogP contribution >= 0.6 is 12.4 Å². The van der Waals surface area contributed by atoms with Gasteiger partial charge in [0.2, 0.25) is 0 Å². The number of likely N-dealkylation sites (tertiary alicyclic amines) is 1.